The molecule has 1 saturated heterocycles. The number of nitrogens with one attached hydrogen (secondary N) is 2. The van der Waals surface area contributed by atoms with Crippen LogP contribution in [0.5, 0.6) is 0 Å². The summed E-state index contributed by atoms with van der Waals surface area (Å²) in [6, 6.07) is 8.02. The zero-order chi connectivity index (χ0) is 17.8. The second-order valence-electron chi connectivity index (χ2n) is 7.09. The van der Waals surface area contributed by atoms with Gasteiger partial charge in [-0.25, -0.2) is 0 Å². The maximum absolute atomic E-state index is 5.97. The summed E-state index contributed by atoms with van der Waals surface area (Å²) in [5.41, 5.74) is 0.914. The van der Waals surface area contributed by atoms with Crippen LogP contribution < -0.4 is 15.5 Å². The van der Waals surface area contributed by atoms with Gasteiger partial charge in [-0.05, 0) is 49.9 Å². The molecule has 0 spiro atoms. The molecule has 26 heavy (non-hydrogen) atoms. The highest BCUT2D eigenvalue weighted by atomic mass is 35.5. The van der Waals surface area contributed by atoms with Crippen molar-refractivity contribution in [3.8, 4) is 0 Å². The Bertz CT molecular complexity index is 723. The van der Waals surface area contributed by atoms with E-state index in [0.29, 0.717) is 23.0 Å². The minimum Gasteiger partial charge on any atom is -0.351 e. The van der Waals surface area contributed by atoms with Gasteiger partial charge in [-0.2, -0.15) is 15.0 Å². The molecule has 2 N–H and O–H groups in total. The van der Waals surface area contributed by atoms with Crippen LogP contribution in [0.25, 0.3) is 0 Å². The molecule has 0 atom stereocenters. The summed E-state index contributed by atoms with van der Waals surface area (Å²) in [5.74, 6) is 2.00. The third kappa shape index (κ3) is 4.36. The molecule has 0 amide bonds. The van der Waals surface area contributed by atoms with Crippen molar-refractivity contribution < 1.29 is 0 Å². The summed E-state index contributed by atoms with van der Waals surface area (Å²) < 4.78 is 0. The van der Waals surface area contributed by atoms with E-state index in [0.717, 1.165) is 24.7 Å². The highest BCUT2D eigenvalue weighted by Crippen LogP contribution is 2.24. The molecule has 1 aliphatic carbocycles. The maximum Gasteiger partial charge on any atom is 0.233 e. The molecular weight excluding hydrogens is 348 g/mol. The number of hydrogen-bond acceptors (Lipinski definition) is 6. The number of anilines is 4. The van der Waals surface area contributed by atoms with Crippen molar-refractivity contribution in [3.63, 3.8) is 0 Å². The zero-order valence-corrected chi connectivity index (χ0v) is 15.7. The van der Waals surface area contributed by atoms with Crippen molar-refractivity contribution in [3.05, 3.63) is 29.3 Å². The lowest BCUT2D eigenvalue weighted by Gasteiger charge is -2.24. The number of aromatic nitrogens is 3. The Balaban J connectivity index is 1.57. The van der Waals surface area contributed by atoms with Gasteiger partial charge in [0.15, 0.2) is 0 Å². The molecule has 0 unspecified atom stereocenters. The summed E-state index contributed by atoms with van der Waals surface area (Å²) in [4.78, 5) is 16.2. The van der Waals surface area contributed by atoms with E-state index in [9.17, 15) is 0 Å². The molecule has 4 rings (SSSR count). The molecule has 138 valence electrons. The van der Waals surface area contributed by atoms with Crippen LogP contribution in [-0.4, -0.2) is 34.1 Å². The van der Waals surface area contributed by atoms with Gasteiger partial charge in [0.25, 0.3) is 0 Å². The van der Waals surface area contributed by atoms with Crippen LogP contribution in [0.1, 0.15) is 44.9 Å². The number of benzene rings is 1. The van der Waals surface area contributed by atoms with Gasteiger partial charge in [-0.1, -0.05) is 30.9 Å². The van der Waals surface area contributed by atoms with E-state index in [1.807, 2.05) is 24.3 Å². The summed E-state index contributed by atoms with van der Waals surface area (Å²) in [7, 11) is 0. The minimum atomic E-state index is 0.459. The Labute approximate surface area is 159 Å². The molecule has 0 bridgehead atoms. The van der Waals surface area contributed by atoms with E-state index >= 15 is 0 Å². The molecule has 1 aliphatic heterocycles. The highest BCUT2D eigenvalue weighted by molar-refractivity contribution is 6.30. The molecule has 2 heterocycles. The van der Waals surface area contributed by atoms with Crippen LogP contribution in [0, 0.1) is 0 Å². The lowest BCUT2D eigenvalue weighted by molar-refractivity contribution is 0.460. The largest absolute Gasteiger partial charge is 0.351 e. The molecule has 1 aromatic carbocycles. The standard InChI is InChI=1S/C19H25ClN6/c20-14-8-10-16(11-9-14)22-18-23-17(21-15-6-2-1-3-7-15)24-19(25-18)26-12-4-5-13-26/h8-11,15H,1-7,12-13H2,(H2,21,22,23,24,25). The van der Waals surface area contributed by atoms with Crippen molar-refractivity contribution in [2.24, 2.45) is 0 Å². The Morgan fingerprint density at radius 3 is 2.27 bits per heavy atom. The fourth-order valence-corrected chi connectivity index (χ4v) is 3.76. The van der Waals surface area contributed by atoms with E-state index in [2.05, 4.69) is 25.5 Å². The van der Waals surface area contributed by atoms with E-state index < -0.39 is 0 Å². The molecule has 7 heteroatoms. The third-order valence-corrected chi connectivity index (χ3v) is 5.30. The molecule has 0 radical (unpaired) electrons. The van der Waals surface area contributed by atoms with Crippen molar-refractivity contribution in [2.75, 3.05) is 28.6 Å². The van der Waals surface area contributed by atoms with Gasteiger partial charge >= 0.3 is 0 Å². The smallest absolute Gasteiger partial charge is 0.233 e. The Morgan fingerprint density at radius 1 is 0.846 bits per heavy atom. The van der Waals surface area contributed by atoms with Crippen molar-refractivity contribution in [1.82, 2.24) is 15.0 Å². The first-order chi connectivity index (χ1) is 12.8. The average molecular weight is 373 g/mol. The van der Waals surface area contributed by atoms with Crippen LogP contribution in [0.3, 0.4) is 0 Å². The molecule has 6 nitrogen and oxygen atoms in total. The van der Waals surface area contributed by atoms with Crippen LogP contribution >= 0.6 is 11.6 Å². The number of halogens is 1. The van der Waals surface area contributed by atoms with Gasteiger partial charge in [-0.3, -0.25) is 0 Å². The number of rotatable bonds is 5. The fourth-order valence-electron chi connectivity index (χ4n) is 3.64. The second kappa shape index (κ2) is 8.08. The molecular formula is C19H25ClN6. The van der Waals surface area contributed by atoms with Crippen LogP contribution in [0.2, 0.25) is 5.02 Å². The van der Waals surface area contributed by atoms with Gasteiger partial charge in [0.1, 0.15) is 0 Å². The van der Waals surface area contributed by atoms with E-state index in [1.165, 1.54) is 44.9 Å². The number of nitrogens with zero attached hydrogens (tertiary/aromatic N) is 4. The van der Waals surface area contributed by atoms with Crippen molar-refractivity contribution in [2.45, 2.75) is 51.0 Å². The lowest BCUT2D eigenvalue weighted by Crippen LogP contribution is -2.26. The predicted octanol–water partition coefficient (Wildman–Crippen LogP) is 4.61. The first-order valence-corrected chi connectivity index (χ1v) is 9.94. The Morgan fingerprint density at radius 2 is 1.54 bits per heavy atom. The van der Waals surface area contributed by atoms with Crippen LogP contribution in [0.4, 0.5) is 23.5 Å². The van der Waals surface area contributed by atoms with Crippen LogP contribution in [0.15, 0.2) is 24.3 Å². The van der Waals surface area contributed by atoms with E-state index in [-0.39, 0.29) is 0 Å². The SMILES string of the molecule is Clc1ccc(Nc2nc(NC3CCCCC3)nc(N3CCCC3)n2)cc1. The second-order valence-corrected chi connectivity index (χ2v) is 7.52. The van der Waals surface area contributed by atoms with Crippen molar-refractivity contribution in [1.29, 1.82) is 0 Å². The molecule has 1 saturated carbocycles. The van der Waals surface area contributed by atoms with Gasteiger partial charge in [0, 0.05) is 29.8 Å². The Hall–Kier alpha value is -2.08. The quantitative estimate of drug-likeness (QED) is 0.798. The van der Waals surface area contributed by atoms with Crippen molar-refractivity contribution >= 4 is 35.1 Å². The molecule has 1 aromatic heterocycles. The normalized spacial score (nSPS) is 18.1. The molecule has 2 aromatic rings. The lowest BCUT2D eigenvalue weighted by atomic mass is 9.96. The topological polar surface area (TPSA) is 66.0 Å². The minimum absolute atomic E-state index is 0.459. The fraction of sp³-hybridized carbons (Fsp3) is 0.526. The maximum atomic E-state index is 5.97. The van der Waals surface area contributed by atoms with Gasteiger partial charge in [0.2, 0.25) is 17.8 Å². The van der Waals surface area contributed by atoms with Gasteiger partial charge < -0.3 is 15.5 Å². The first kappa shape index (κ1) is 17.3. The number of hydrogen-bond donors (Lipinski definition) is 2. The van der Waals surface area contributed by atoms with Crippen LogP contribution in [-0.2, 0) is 0 Å². The third-order valence-electron chi connectivity index (χ3n) is 5.05. The zero-order valence-electron chi connectivity index (χ0n) is 14.9. The summed E-state index contributed by atoms with van der Waals surface area (Å²) in [6.45, 7) is 2.01. The molecule has 2 fully saturated rings. The van der Waals surface area contributed by atoms with E-state index in [4.69, 9.17) is 16.6 Å². The Kier molecular flexibility index (Phi) is 5.39. The summed E-state index contributed by atoms with van der Waals surface area (Å²) in [5, 5.41) is 7.53. The monoisotopic (exact) mass is 372 g/mol. The first-order valence-electron chi connectivity index (χ1n) is 9.56. The van der Waals surface area contributed by atoms with Gasteiger partial charge in [-0.15, -0.1) is 0 Å². The predicted molar refractivity (Wildman–Crippen MR) is 107 cm³/mol. The summed E-state index contributed by atoms with van der Waals surface area (Å²) in [6.07, 6.45) is 8.64. The molecule has 2 aliphatic rings. The summed E-state index contributed by atoms with van der Waals surface area (Å²) >= 11 is 5.97. The average Bonchev–Trinajstić information content (AvgIpc) is 3.19. The van der Waals surface area contributed by atoms with Gasteiger partial charge in [0.05, 0.1) is 0 Å². The van der Waals surface area contributed by atoms with E-state index in [1.54, 1.807) is 0 Å². The highest BCUT2D eigenvalue weighted by Gasteiger charge is 2.19.